The Morgan fingerprint density at radius 2 is 2.00 bits per heavy atom. The van der Waals surface area contributed by atoms with Gasteiger partial charge in [0.05, 0.1) is 4.90 Å². The number of thioether (sulfide) groups is 1. The minimum Gasteiger partial charge on any atom is -0.508 e. The van der Waals surface area contributed by atoms with E-state index in [1.807, 2.05) is 0 Å². The van der Waals surface area contributed by atoms with Crippen LogP contribution in [-0.2, 0) is 0 Å². The second kappa shape index (κ2) is 7.02. The van der Waals surface area contributed by atoms with Crippen LogP contribution < -0.4 is 0 Å². The summed E-state index contributed by atoms with van der Waals surface area (Å²) in [4.78, 5) is 0.584. The second-order valence-corrected chi connectivity index (χ2v) is 7.40. The summed E-state index contributed by atoms with van der Waals surface area (Å²) in [6, 6.07) is 4.44. The van der Waals surface area contributed by atoms with E-state index in [9.17, 15) is 10.2 Å². The number of aromatic hydroxyl groups is 2. The van der Waals surface area contributed by atoms with E-state index in [1.54, 1.807) is 11.8 Å². The quantitative estimate of drug-likeness (QED) is 0.477. The van der Waals surface area contributed by atoms with Crippen LogP contribution in [-0.4, -0.2) is 26.2 Å². The van der Waals surface area contributed by atoms with Gasteiger partial charge in [0.2, 0.25) is 0 Å². The van der Waals surface area contributed by atoms with Crippen LogP contribution in [0.15, 0.2) is 31.8 Å². The third-order valence-electron chi connectivity index (χ3n) is 2.25. The maximum atomic E-state index is 9.70. The number of phenolic OH excluding ortho intramolecular Hbond substituents is 2. The van der Waals surface area contributed by atoms with Gasteiger partial charge in [-0.2, -0.15) is 0 Å². The number of phenols is 2. The molecule has 1 heterocycles. The van der Waals surface area contributed by atoms with Gasteiger partial charge in [0.25, 0.3) is 0 Å². The molecule has 0 saturated heterocycles. The van der Waals surface area contributed by atoms with Gasteiger partial charge in [0, 0.05) is 5.75 Å². The van der Waals surface area contributed by atoms with Gasteiger partial charge in [0.15, 0.2) is 8.68 Å². The first-order chi connectivity index (χ1) is 9.19. The van der Waals surface area contributed by atoms with Crippen molar-refractivity contribution in [2.24, 2.45) is 0 Å². The molecule has 19 heavy (non-hydrogen) atoms. The second-order valence-electron chi connectivity index (χ2n) is 3.79. The van der Waals surface area contributed by atoms with Gasteiger partial charge in [-0.1, -0.05) is 48.2 Å². The van der Waals surface area contributed by atoms with Crippen LogP contribution in [0.2, 0.25) is 0 Å². The van der Waals surface area contributed by atoms with Gasteiger partial charge in [-0.25, -0.2) is 0 Å². The highest BCUT2D eigenvalue weighted by Crippen LogP contribution is 2.39. The number of rotatable bonds is 6. The van der Waals surface area contributed by atoms with Crippen LogP contribution >= 0.6 is 34.9 Å². The first-order valence-electron chi connectivity index (χ1n) is 5.85. The predicted octanol–water partition coefficient (Wildman–Crippen LogP) is 3.99. The lowest BCUT2D eigenvalue weighted by molar-refractivity contribution is 0.448. The largest absolute Gasteiger partial charge is 0.508 e. The highest BCUT2D eigenvalue weighted by molar-refractivity contribution is 8.03. The standard InChI is InChI=1S/C12H14N2O2S3/c1-2-3-6-17-11-13-14-12(19-11)18-10-7-8(15)4-5-9(10)16/h4-5,7,15-16H,2-3,6H2,1H3. The summed E-state index contributed by atoms with van der Waals surface area (Å²) in [5.41, 5.74) is 0. The third kappa shape index (κ3) is 4.29. The zero-order valence-corrected chi connectivity index (χ0v) is 12.8. The van der Waals surface area contributed by atoms with Gasteiger partial charge >= 0.3 is 0 Å². The van der Waals surface area contributed by atoms with Crippen molar-refractivity contribution in [2.75, 3.05) is 5.75 Å². The Labute approximate surface area is 124 Å². The first-order valence-corrected chi connectivity index (χ1v) is 8.47. The van der Waals surface area contributed by atoms with Crippen LogP contribution in [0, 0.1) is 0 Å². The van der Waals surface area contributed by atoms with E-state index in [0.717, 1.165) is 14.4 Å². The fourth-order valence-corrected chi connectivity index (χ4v) is 4.47. The molecule has 0 fully saturated rings. The minimum absolute atomic E-state index is 0.127. The molecule has 1 aromatic carbocycles. The molecule has 0 amide bonds. The fourth-order valence-electron chi connectivity index (χ4n) is 1.28. The van der Waals surface area contributed by atoms with Crippen molar-refractivity contribution in [3.05, 3.63) is 18.2 Å². The van der Waals surface area contributed by atoms with E-state index in [2.05, 4.69) is 17.1 Å². The molecule has 7 heteroatoms. The molecule has 2 N–H and O–H groups in total. The minimum atomic E-state index is 0.127. The molecular formula is C12H14N2O2S3. The zero-order chi connectivity index (χ0) is 13.7. The van der Waals surface area contributed by atoms with E-state index in [1.165, 1.54) is 54.1 Å². The number of nitrogens with zero attached hydrogens (tertiary/aromatic N) is 2. The molecule has 0 bridgehead atoms. The van der Waals surface area contributed by atoms with E-state index in [4.69, 9.17) is 0 Å². The smallest absolute Gasteiger partial charge is 0.180 e. The average Bonchev–Trinajstić information content (AvgIpc) is 2.82. The molecule has 0 aliphatic heterocycles. The third-order valence-corrected chi connectivity index (χ3v) is 5.49. The van der Waals surface area contributed by atoms with Crippen molar-refractivity contribution >= 4 is 34.9 Å². The van der Waals surface area contributed by atoms with Crippen LogP contribution in [0.25, 0.3) is 0 Å². The highest BCUT2D eigenvalue weighted by atomic mass is 32.2. The van der Waals surface area contributed by atoms with Gasteiger partial charge in [0.1, 0.15) is 11.5 Å². The predicted molar refractivity (Wildman–Crippen MR) is 79.4 cm³/mol. The summed E-state index contributed by atoms with van der Waals surface area (Å²) in [7, 11) is 0. The first kappa shape index (κ1) is 14.5. The lowest BCUT2D eigenvalue weighted by Crippen LogP contribution is -1.77. The van der Waals surface area contributed by atoms with Gasteiger partial charge in [-0.05, 0) is 24.6 Å². The van der Waals surface area contributed by atoms with Crippen LogP contribution in [0.3, 0.4) is 0 Å². The number of hydrogen-bond acceptors (Lipinski definition) is 7. The van der Waals surface area contributed by atoms with E-state index in [-0.39, 0.29) is 11.5 Å². The molecule has 0 radical (unpaired) electrons. The lowest BCUT2D eigenvalue weighted by atomic mass is 10.3. The monoisotopic (exact) mass is 314 g/mol. The zero-order valence-electron chi connectivity index (χ0n) is 10.4. The fraction of sp³-hybridized carbons (Fsp3) is 0.333. The Morgan fingerprint density at radius 3 is 2.79 bits per heavy atom. The number of aromatic nitrogens is 2. The maximum Gasteiger partial charge on any atom is 0.180 e. The summed E-state index contributed by atoms with van der Waals surface area (Å²) in [5, 5.41) is 27.3. The topological polar surface area (TPSA) is 66.2 Å². The molecule has 0 unspecified atom stereocenters. The molecular weight excluding hydrogens is 300 g/mol. The number of hydrogen-bond donors (Lipinski definition) is 2. The van der Waals surface area contributed by atoms with Crippen molar-refractivity contribution in [1.82, 2.24) is 10.2 Å². The van der Waals surface area contributed by atoms with Crippen molar-refractivity contribution in [2.45, 2.75) is 33.3 Å². The molecule has 4 nitrogen and oxygen atoms in total. The Bertz CT molecular complexity index is 546. The van der Waals surface area contributed by atoms with Crippen molar-refractivity contribution in [1.29, 1.82) is 0 Å². The Balaban J connectivity index is 2.01. The summed E-state index contributed by atoms with van der Waals surface area (Å²) >= 11 is 4.52. The van der Waals surface area contributed by atoms with Crippen LogP contribution in [0.1, 0.15) is 19.8 Å². The molecule has 0 saturated carbocycles. The van der Waals surface area contributed by atoms with Crippen LogP contribution in [0.5, 0.6) is 11.5 Å². The molecule has 2 aromatic rings. The molecule has 2 rings (SSSR count). The van der Waals surface area contributed by atoms with E-state index < -0.39 is 0 Å². The normalized spacial score (nSPS) is 10.8. The van der Waals surface area contributed by atoms with Crippen molar-refractivity contribution in [3.63, 3.8) is 0 Å². The Morgan fingerprint density at radius 1 is 1.21 bits per heavy atom. The van der Waals surface area contributed by atoms with E-state index >= 15 is 0 Å². The highest BCUT2D eigenvalue weighted by Gasteiger charge is 2.10. The van der Waals surface area contributed by atoms with Gasteiger partial charge in [-0.15, -0.1) is 10.2 Å². The van der Waals surface area contributed by atoms with Gasteiger partial charge in [-0.3, -0.25) is 0 Å². The molecule has 0 aliphatic rings. The van der Waals surface area contributed by atoms with Gasteiger partial charge < -0.3 is 10.2 Å². The molecule has 102 valence electrons. The Hall–Kier alpha value is -0.920. The summed E-state index contributed by atoms with van der Waals surface area (Å²) in [6.45, 7) is 2.16. The summed E-state index contributed by atoms with van der Waals surface area (Å²) in [5.74, 6) is 1.31. The van der Waals surface area contributed by atoms with Crippen molar-refractivity contribution in [3.8, 4) is 11.5 Å². The molecule has 0 atom stereocenters. The van der Waals surface area contributed by atoms with Crippen molar-refractivity contribution < 1.29 is 10.2 Å². The maximum absolute atomic E-state index is 9.70. The van der Waals surface area contributed by atoms with Crippen LogP contribution in [0.4, 0.5) is 0 Å². The number of benzene rings is 1. The summed E-state index contributed by atoms with van der Waals surface area (Å²) < 4.78 is 1.70. The Kier molecular flexibility index (Phi) is 5.35. The SMILES string of the molecule is CCCCSc1nnc(Sc2cc(O)ccc2O)s1. The molecule has 0 aliphatic carbocycles. The lowest BCUT2D eigenvalue weighted by Gasteiger charge is -2.01. The van der Waals surface area contributed by atoms with E-state index in [0.29, 0.717) is 4.90 Å². The number of unbranched alkanes of at least 4 members (excludes halogenated alkanes) is 1. The molecule has 1 aromatic heterocycles. The molecule has 0 spiro atoms. The summed E-state index contributed by atoms with van der Waals surface area (Å²) in [6.07, 6.45) is 2.34. The average molecular weight is 314 g/mol.